The maximum atomic E-state index is 13.2. The third kappa shape index (κ3) is 9.33. The van der Waals surface area contributed by atoms with Gasteiger partial charge in [0.2, 0.25) is 5.91 Å². The summed E-state index contributed by atoms with van der Waals surface area (Å²) in [6.07, 6.45) is 3.62. The van der Waals surface area contributed by atoms with Crippen LogP contribution in [0.5, 0.6) is 0 Å². The zero-order valence-electron chi connectivity index (χ0n) is 21.1. The van der Waals surface area contributed by atoms with Gasteiger partial charge < -0.3 is 24.4 Å². The molecule has 1 aliphatic rings. The lowest BCUT2D eigenvalue weighted by Gasteiger charge is -2.32. The highest BCUT2D eigenvalue weighted by atomic mass is 35.5. The molecule has 2 aromatic carbocycles. The van der Waals surface area contributed by atoms with Gasteiger partial charge in [-0.25, -0.2) is 0 Å². The number of ether oxygens (including phenoxy) is 2. The van der Waals surface area contributed by atoms with Crippen molar-refractivity contribution in [3.05, 3.63) is 69.7 Å². The highest BCUT2D eigenvalue weighted by Crippen LogP contribution is 2.28. The summed E-state index contributed by atoms with van der Waals surface area (Å²) in [6.45, 7) is 5.12. The summed E-state index contributed by atoms with van der Waals surface area (Å²) in [4.78, 5) is 17.6. The number of aliphatic hydroxyl groups excluding tert-OH is 1. The van der Waals surface area contributed by atoms with Gasteiger partial charge in [-0.15, -0.1) is 0 Å². The number of nitrogens with zero attached hydrogens (tertiary/aromatic N) is 2. The van der Waals surface area contributed by atoms with Crippen LogP contribution in [-0.4, -0.2) is 80.5 Å². The molecule has 0 bridgehead atoms. The van der Waals surface area contributed by atoms with E-state index in [2.05, 4.69) is 17.0 Å². The molecule has 36 heavy (non-hydrogen) atoms. The number of rotatable bonds is 15. The number of aliphatic hydroxyl groups is 1. The number of likely N-dealkylation sites (tertiary alicyclic amines) is 1. The molecule has 0 aliphatic carbocycles. The van der Waals surface area contributed by atoms with E-state index in [0.717, 1.165) is 50.2 Å². The van der Waals surface area contributed by atoms with Gasteiger partial charge in [0, 0.05) is 26.7 Å². The van der Waals surface area contributed by atoms with Gasteiger partial charge in [0.05, 0.1) is 48.9 Å². The first kappa shape index (κ1) is 28.9. The van der Waals surface area contributed by atoms with Crippen LogP contribution in [-0.2, 0) is 20.7 Å². The SMILES string of the molecule is CN(C(=O)Cc1ccc(Cl)c(Cl)c1)[C@H](CN1CC[C@H](CCCOCCOCCO)C1)c1ccccc1. The lowest BCUT2D eigenvalue weighted by molar-refractivity contribution is -0.131. The quantitative estimate of drug-likeness (QED) is 0.329. The van der Waals surface area contributed by atoms with Crippen molar-refractivity contribution in [1.29, 1.82) is 0 Å². The minimum absolute atomic E-state index is 0.0255. The molecule has 1 aliphatic heterocycles. The third-order valence-electron chi connectivity index (χ3n) is 6.69. The first-order chi connectivity index (χ1) is 17.5. The van der Waals surface area contributed by atoms with Gasteiger partial charge in [0.1, 0.15) is 0 Å². The third-order valence-corrected chi connectivity index (χ3v) is 7.43. The minimum Gasteiger partial charge on any atom is -0.394 e. The van der Waals surface area contributed by atoms with Gasteiger partial charge in [-0.05, 0) is 55.0 Å². The number of amides is 1. The average molecular weight is 538 g/mol. The topological polar surface area (TPSA) is 62.2 Å². The molecule has 1 amide bonds. The molecule has 1 saturated heterocycles. The summed E-state index contributed by atoms with van der Waals surface area (Å²) in [6, 6.07) is 15.6. The number of benzene rings is 2. The van der Waals surface area contributed by atoms with Crippen LogP contribution < -0.4 is 0 Å². The molecule has 6 nitrogen and oxygen atoms in total. The smallest absolute Gasteiger partial charge is 0.227 e. The second-order valence-corrected chi connectivity index (χ2v) is 10.2. The molecule has 2 aromatic rings. The molecule has 3 rings (SSSR count). The molecule has 0 aromatic heterocycles. The summed E-state index contributed by atoms with van der Waals surface area (Å²) in [5.74, 6) is 0.700. The number of carbonyl (C=O) groups is 1. The van der Waals surface area contributed by atoms with E-state index < -0.39 is 0 Å². The monoisotopic (exact) mass is 536 g/mol. The van der Waals surface area contributed by atoms with E-state index >= 15 is 0 Å². The molecule has 0 radical (unpaired) electrons. The Labute approximate surface area is 225 Å². The van der Waals surface area contributed by atoms with E-state index in [-0.39, 0.29) is 25.0 Å². The van der Waals surface area contributed by atoms with E-state index in [4.69, 9.17) is 37.8 Å². The van der Waals surface area contributed by atoms with Gasteiger partial charge in [-0.1, -0.05) is 59.6 Å². The summed E-state index contributed by atoms with van der Waals surface area (Å²) < 4.78 is 10.8. The fourth-order valence-corrected chi connectivity index (χ4v) is 4.99. The standard InChI is InChI=1S/C28H38Cl2N2O4/c1-31(28(34)19-23-9-10-25(29)26(30)18-23)27(24-7-3-2-4-8-24)21-32-12-11-22(20-32)6-5-14-35-16-17-36-15-13-33/h2-4,7-10,18,22,27,33H,5-6,11-17,19-21H2,1H3/t22-,27+/m0/s1. The van der Waals surface area contributed by atoms with Crippen molar-refractivity contribution in [2.75, 3.05) is 59.7 Å². The van der Waals surface area contributed by atoms with E-state index in [1.165, 1.54) is 6.42 Å². The Balaban J connectivity index is 1.51. The summed E-state index contributed by atoms with van der Waals surface area (Å²) in [7, 11) is 1.90. The zero-order chi connectivity index (χ0) is 25.8. The molecule has 2 atom stereocenters. The van der Waals surface area contributed by atoms with Crippen LogP contribution in [0.4, 0.5) is 0 Å². The van der Waals surface area contributed by atoms with Crippen LogP contribution in [0.25, 0.3) is 0 Å². The average Bonchev–Trinajstić information content (AvgIpc) is 3.34. The second-order valence-electron chi connectivity index (χ2n) is 9.36. The molecular formula is C28H38Cl2N2O4. The van der Waals surface area contributed by atoms with E-state index in [9.17, 15) is 4.79 Å². The van der Waals surface area contributed by atoms with Gasteiger partial charge >= 0.3 is 0 Å². The van der Waals surface area contributed by atoms with Crippen LogP contribution in [0.15, 0.2) is 48.5 Å². The van der Waals surface area contributed by atoms with Gasteiger partial charge in [-0.3, -0.25) is 4.79 Å². The highest BCUT2D eigenvalue weighted by molar-refractivity contribution is 6.42. The zero-order valence-corrected chi connectivity index (χ0v) is 22.6. The predicted octanol–water partition coefficient (Wildman–Crippen LogP) is 4.86. The Morgan fingerprint density at radius 1 is 1.08 bits per heavy atom. The maximum Gasteiger partial charge on any atom is 0.227 e. The number of halogens is 2. The second kappa shape index (κ2) is 15.6. The van der Waals surface area contributed by atoms with Gasteiger partial charge in [-0.2, -0.15) is 0 Å². The van der Waals surface area contributed by atoms with Crippen molar-refractivity contribution in [1.82, 2.24) is 9.80 Å². The van der Waals surface area contributed by atoms with Crippen LogP contribution in [0.3, 0.4) is 0 Å². The Bertz CT molecular complexity index is 931. The largest absolute Gasteiger partial charge is 0.394 e. The summed E-state index contributed by atoms with van der Waals surface area (Å²) in [5, 5.41) is 9.66. The number of likely N-dealkylation sites (N-methyl/N-ethyl adjacent to an activating group) is 1. The van der Waals surface area contributed by atoms with Crippen molar-refractivity contribution in [3.63, 3.8) is 0 Å². The molecule has 1 N–H and O–H groups in total. The first-order valence-corrected chi connectivity index (χ1v) is 13.5. The number of hydrogen-bond donors (Lipinski definition) is 1. The molecular weight excluding hydrogens is 499 g/mol. The highest BCUT2D eigenvalue weighted by Gasteiger charge is 2.28. The van der Waals surface area contributed by atoms with Crippen LogP contribution in [0.2, 0.25) is 10.0 Å². The van der Waals surface area contributed by atoms with Crippen LogP contribution in [0.1, 0.15) is 36.4 Å². The molecule has 0 saturated carbocycles. The summed E-state index contributed by atoms with van der Waals surface area (Å²) in [5.41, 5.74) is 2.00. The van der Waals surface area contributed by atoms with Crippen LogP contribution >= 0.6 is 23.2 Å². The van der Waals surface area contributed by atoms with E-state index in [1.807, 2.05) is 36.2 Å². The molecule has 0 spiro atoms. The van der Waals surface area contributed by atoms with Crippen molar-refractivity contribution in [2.24, 2.45) is 5.92 Å². The number of carbonyl (C=O) groups excluding carboxylic acids is 1. The van der Waals surface area contributed by atoms with Crippen molar-refractivity contribution >= 4 is 29.1 Å². The van der Waals surface area contributed by atoms with E-state index in [0.29, 0.717) is 35.8 Å². The predicted molar refractivity (Wildman–Crippen MR) is 145 cm³/mol. The Kier molecular flexibility index (Phi) is 12.5. The Morgan fingerprint density at radius 2 is 1.83 bits per heavy atom. The normalized spacial score (nSPS) is 16.8. The lowest BCUT2D eigenvalue weighted by atomic mass is 10.0. The van der Waals surface area contributed by atoms with E-state index in [1.54, 1.807) is 12.1 Å². The lowest BCUT2D eigenvalue weighted by Crippen LogP contribution is -2.39. The minimum atomic E-state index is -0.0255. The molecule has 1 heterocycles. The van der Waals surface area contributed by atoms with Gasteiger partial charge in [0.25, 0.3) is 0 Å². The summed E-state index contributed by atoms with van der Waals surface area (Å²) >= 11 is 12.2. The van der Waals surface area contributed by atoms with Crippen molar-refractivity contribution in [3.8, 4) is 0 Å². The first-order valence-electron chi connectivity index (χ1n) is 12.7. The Morgan fingerprint density at radius 3 is 2.56 bits per heavy atom. The fraction of sp³-hybridized carbons (Fsp3) is 0.536. The van der Waals surface area contributed by atoms with Gasteiger partial charge in [0.15, 0.2) is 0 Å². The molecule has 1 fully saturated rings. The molecule has 198 valence electrons. The molecule has 0 unspecified atom stereocenters. The van der Waals surface area contributed by atoms with Crippen molar-refractivity contribution < 1.29 is 19.4 Å². The van der Waals surface area contributed by atoms with Crippen molar-refractivity contribution in [2.45, 2.75) is 31.7 Å². The van der Waals surface area contributed by atoms with Crippen LogP contribution in [0, 0.1) is 5.92 Å². The maximum absolute atomic E-state index is 13.2. The fourth-order valence-electron chi connectivity index (χ4n) is 4.67. The molecule has 8 heteroatoms. The number of hydrogen-bond acceptors (Lipinski definition) is 5. The Hall–Kier alpha value is -1.67.